The lowest BCUT2D eigenvalue weighted by Gasteiger charge is -1.97. The van der Waals surface area contributed by atoms with Crippen molar-refractivity contribution in [2.75, 3.05) is 0 Å². The molecular weight excluding hydrogens is 160 g/mol. The van der Waals surface area contributed by atoms with E-state index in [1.165, 1.54) is 0 Å². The number of aryl methyl sites for hydroxylation is 1. The molecule has 0 amide bonds. The van der Waals surface area contributed by atoms with Crippen LogP contribution in [0.4, 0.5) is 0 Å². The number of halogens is 1. The largest absolute Gasteiger partial charge is 0.271 e. The van der Waals surface area contributed by atoms with Gasteiger partial charge in [-0.25, -0.2) is 0 Å². The quantitative estimate of drug-likeness (QED) is 0.637. The second-order valence-electron chi connectivity index (χ2n) is 3.06. The summed E-state index contributed by atoms with van der Waals surface area (Å²) in [6, 6.07) is 0. The molecule has 1 aromatic rings. The Kier molecular flexibility index (Phi) is 2.23. The van der Waals surface area contributed by atoms with Gasteiger partial charge in [-0.3, -0.25) is 4.68 Å². The zero-order chi connectivity index (χ0) is 8.59. The summed E-state index contributed by atoms with van der Waals surface area (Å²) >= 11 is 6.03. The van der Waals surface area contributed by atoms with Crippen molar-refractivity contribution in [1.29, 1.82) is 0 Å². The summed E-state index contributed by atoms with van der Waals surface area (Å²) in [6.45, 7) is 6.16. The monoisotopic (exact) mass is 172 g/mol. The first-order valence-corrected chi connectivity index (χ1v) is 4.10. The molecule has 0 aliphatic carbocycles. The Hall–Kier alpha value is -0.500. The van der Waals surface area contributed by atoms with Gasteiger partial charge in [-0.1, -0.05) is 25.4 Å². The molecule has 11 heavy (non-hydrogen) atoms. The molecule has 3 heteroatoms. The molecule has 0 atom stereocenters. The van der Waals surface area contributed by atoms with Crippen molar-refractivity contribution in [1.82, 2.24) is 9.78 Å². The molecule has 0 fully saturated rings. The van der Waals surface area contributed by atoms with Gasteiger partial charge in [0.15, 0.2) is 0 Å². The summed E-state index contributed by atoms with van der Waals surface area (Å²) in [5, 5.41) is 5.10. The summed E-state index contributed by atoms with van der Waals surface area (Å²) in [7, 11) is 1.91. The fourth-order valence-corrected chi connectivity index (χ4v) is 1.36. The van der Waals surface area contributed by atoms with Gasteiger partial charge in [0.1, 0.15) is 0 Å². The Balaban J connectivity index is 3.19. The lowest BCUT2D eigenvalue weighted by molar-refractivity contribution is 0.698. The van der Waals surface area contributed by atoms with E-state index in [0.717, 1.165) is 16.4 Å². The Bertz CT molecular complexity index is 263. The summed E-state index contributed by atoms with van der Waals surface area (Å²) in [6.07, 6.45) is 0. The normalized spacial score (nSPS) is 11.1. The highest BCUT2D eigenvalue weighted by Gasteiger charge is 2.12. The summed E-state index contributed by atoms with van der Waals surface area (Å²) < 4.78 is 1.82. The molecule has 0 bridgehead atoms. The van der Waals surface area contributed by atoms with Gasteiger partial charge in [0.05, 0.1) is 16.4 Å². The van der Waals surface area contributed by atoms with Crippen LogP contribution < -0.4 is 0 Å². The van der Waals surface area contributed by atoms with Gasteiger partial charge < -0.3 is 0 Å². The molecule has 0 aromatic carbocycles. The predicted octanol–water partition coefficient (Wildman–Crippen LogP) is 2.51. The van der Waals surface area contributed by atoms with Crippen molar-refractivity contribution >= 4 is 11.6 Å². The predicted molar refractivity (Wildman–Crippen MR) is 47.0 cm³/mol. The van der Waals surface area contributed by atoms with Gasteiger partial charge >= 0.3 is 0 Å². The molecule has 1 aromatic heterocycles. The minimum Gasteiger partial charge on any atom is -0.271 e. The average molecular weight is 173 g/mol. The van der Waals surface area contributed by atoms with Crippen LogP contribution in [0, 0.1) is 6.92 Å². The van der Waals surface area contributed by atoms with Gasteiger partial charge in [-0.2, -0.15) is 5.10 Å². The minimum atomic E-state index is 0.405. The van der Waals surface area contributed by atoms with Gasteiger partial charge in [0, 0.05) is 7.05 Å². The molecule has 1 rings (SSSR count). The van der Waals surface area contributed by atoms with Crippen molar-refractivity contribution in [3.8, 4) is 0 Å². The zero-order valence-electron chi connectivity index (χ0n) is 7.35. The third-order valence-corrected chi connectivity index (χ3v) is 2.30. The fraction of sp³-hybridized carbons (Fsp3) is 0.625. The maximum Gasteiger partial charge on any atom is 0.0849 e. The Morgan fingerprint density at radius 2 is 2.00 bits per heavy atom. The van der Waals surface area contributed by atoms with Crippen LogP contribution in [-0.4, -0.2) is 9.78 Å². The molecule has 0 spiro atoms. The number of hydrogen-bond acceptors (Lipinski definition) is 1. The molecule has 62 valence electrons. The molecule has 0 saturated carbocycles. The highest BCUT2D eigenvalue weighted by Crippen LogP contribution is 2.25. The van der Waals surface area contributed by atoms with Crippen LogP contribution >= 0.6 is 11.6 Å². The summed E-state index contributed by atoms with van der Waals surface area (Å²) in [4.78, 5) is 0. The van der Waals surface area contributed by atoms with Gasteiger partial charge in [0.2, 0.25) is 0 Å². The van der Waals surface area contributed by atoms with Gasteiger partial charge in [-0.15, -0.1) is 0 Å². The first kappa shape index (κ1) is 8.60. The second kappa shape index (κ2) is 2.86. The molecule has 1 heterocycles. The molecule has 2 nitrogen and oxygen atoms in total. The summed E-state index contributed by atoms with van der Waals surface area (Å²) in [5.41, 5.74) is 2.03. The van der Waals surface area contributed by atoms with Crippen LogP contribution in [0.1, 0.15) is 31.2 Å². The van der Waals surface area contributed by atoms with Crippen LogP contribution in [0.25, 0.3) is 0 Å². The Morgan fingerprint density at radius 1 is 1.45 bits per heavy atom. The molecule has 0 radical (unpaired) electrons. The maximum atomic E-state index is 6.03. The highest BCUT2D eigenvalue weighted by molar-refractivity contribution is 6.31. The third kappa shape index (κ3) is 1.41. The highest BCUT2D eigenvalue weighted by atomic mass is 35.5. The van der Waals surface area contributed by atoms with Crippen molar-refractivity contribution in [3.63, 3.8) is 0 Å². The zero-order valence-corrected chi connectivity index (χ0v) is 8.11. The van der Waals surface area contributed by atoms with E-state index in [4.69, 9.17) is 11.6 Å². The molecule has 0 N–H and O–H groups in total. The minimum absolute atomic E-state index is 0.405. The first-order chi connectivity index (χ1) is 5.04. The van der Waals surface area contributed by atoms with Crippen molar-refractivity contribution in [2.45, 2.75) is 26.7 Å². The molecular formula is C8H13ClN2. The number of rotatable bonds is 1. The standard InChI is InChI=1S/C8H13ClN2/c1-5(2)8-7(9)6(3)11(4)10-8/h5H,1-4H3. The topological polar surface area (TPSA) is 17.8 Å². The first-order valence-electron chi connectivity index (χ1n) is 3.73. The Morgan fingerprint density at radius 3 is 2.18 bits per heavy atom. The van der Waals surface area contributed by atoms with Crippen LogP contribution in [0.2, 0.25) is 5.02 Å². The maximum absolute atomic E-state index is 6.03. The number of aromatic nitrogens is 2. The smallest absolute Gasteiger partial charge is 0.0849 e. The van der Waals surface area contributed by atoms with E-state index in [9.17, 15) is 0 Å². The van der Waals surface area contributed by atoms with Crippen molar-refractivity contribution in [2.24, 2.45) is 7.05 Å². The number of nitrogens with zero attached hydrogens (tertiary/aromatic N) is 2. The van der Waals surface area contributed by atoms with E-state index in [0.29, 0.717) is 5.92 Å². The van der Waals surface area contributed by atoms with E-state index in [2.05, 4.69) is 18.9 Å². The van der Waals surface area contributed by atoms with E-state index < -0.39 is 0 Å². The Labute approximate surface area is 72.2 Å². The van der Waals surface area contributed by atoms with Gasteiger partial charge in [0.25, 0.3) is 0 Å². The third-order valence-electron chi connectivity index (χ3n) is 1.83. The fourth-order valence-electron chi connectivity index (χ4n) is 0.977. The van der Waals surface area contributed by atoms with Crippen LogP contribution in [-0.2, 0) is 7.05 Å². The lowest BCUT2D eigenvalue weighted by atomic mass is 10.1. The summed E-state index contributed by atoms with van der Waals surface area (Å²) in [5.74, 6) is 0.405. The SMILES string of the molecule is Cc1c(Cl)c(C(C)C)nn1C. The number of hydrogen-bond donors (Lipinski definition) is 0. The van der Waals surface area contributed by atoms with Crippen molar-refractivity contribution in [3.05, 3.63) is 16.4 Å². The van der Waals surface area contributed by atoms with E-state index in [-0.39, 0.29) is 0 Å². The van der Waals surface area contributed by atoms with Crippen LogP contribution in [0.5, 0.6) is 0 Å². The van der Waals surface area contributed by atoms with Crippen LogP contribution in [0.3, 0.4) is 0 Å². The molecule has 0 saturated heterocycles. The molecule has 0 aliphatic heterocycles. The molecule has 0 aliphatic rings. The molecule has 0 unspecified atom stereocenters. The van der Waals surface area contributed by atoms with Gasteiger partial charge in [-0.05, 0) is 12.8 Å². The lowest BCUT2D eigenvalue weighted by Crippen LogP contribution is -1.94. The van der Waals surface area contributed by atoms with E-state index in [1.807, 2.05) is 18.7 Å². The average Bonchev–Trinajstić information content (AvgIpc) is 2.17. The van der Waals surface area contributed by atoms with Crippen LogP contribution in [0.15, 0.2) is 0 Å². The second-order valence-corrected chi connectivity index (χ2v) is 3.44. The van der Waals surface area contributed by atoms with E-state index in [1.54, 1.807) is 0 Å². The van der Waals surface area contributed by atoms with E-state index >= 15 is 0 Å². The van der Waals surface area contributed by atoms with Crippen molar-refractivity contribution < 1.29 is 0 Å².